The van der Waals surface area contributed by atoms with Crippen LogP contribution in [0.4, 0.5) is 26.1 Å². The van der Waals surface area contributed by atoms with Gasteiger partial charge < -0.3 is 15.5 Å². The van der Waals surface area contributed by atoms with Crippen molar-refractivity contribution < 1.29 is 17.2 Å². The Bertz CT molecular complexity index is 1700. The fraction of sp³-hybridized carbons (Fsp3) is 0.483. The van der Waals surface area contributed by atoms with E-state index in [4.69, 9.17) is 0 Å². The third-order valence-electron chi connectivity index (χ3n) is 8.12. The largest absolute Gasteiger partial charge is 0.382 e. The summed E-state index contributed by atoms with van der Waals surface area (Å²) in [4.78, 5) is 15.6. The van der Waals surface area contributed by atoms with E-state index in [0.717, 1.165) is 42.0 Å². The topological polar surface area (TPSA) is 136 Å². The molecule has 4 aromatic heterocycles. The first-order chi connectivity index (χ1) is 21.2. The molecule has 4 heterocycles. The molecule has 0 aliphatic heterocycles. The minimum Gasteiger partial charge on any atom is -0.382 e. The third-order valence-corrected chi connectivity index (χ3v) is 10.2. The number of nitrogens with one attached hydrogen (secondary N) is 2. The molecular formula is C29H36F2N10O2S. The number of alkyl halides is 2. The second kappa shape index (κ2) is 12.6. The quantitative estimate of drug-likeness (QED) is 0.221. The number of halogens is 2. The Hall–Kier alpha value is -3.98. The van der Waals surface area contributed by atoms with Crippen molar-refractivity contribution in [1.82, 2.24) is 38.8 Å². The Labute approximate surface area is 255 Å². The van der Waals surface area contributed by atoms with Gasteiger partial charge in [-0.05, 0) is 83.6 Å². The van der Waals surface area contributed by atoms with Crippen LogP contribution in [0.3, 0.4) is 0 Å². The molecule has 12 nitrogen and oxygen atoms in total. The maximum absolute atomic E-state index is 13.3. The summed E-state index contributed by atoms with van der Waals surface area (Å²) in [6.45, 7) is -1.66. The van der Waals surface area contributed by atoms with Gasteiger partial charge in [0.25, 0.3) is 10.0 Å². The zero-order valence-corrected chi connectivity index (χ0v) is 25.5. The van der Waals surface area contributed by atoms with E-state index in [0.29, 0.717) is 57.7 Å². The number of hydrogen-bond acceptors (Lipinski definition) is 10. The average Bonchev–Trinajstić information content (AvgIpc) is 3.54. The summed E-state index contributed by atoms with van der Waals surface area (Å²) in [6.07, 6.45) is 14.0. The van der Waals surface area contributed by atoms with Crippen molar-refractivity contribution in [1.29, 1.82) is 0 Å². The van der Waals surface area contributed by atoms with Crippen molar-refractivity contribution in [2.24, 2.45) is 5.92 Å². The maximum atomic E-state index is 13.3. The third kappa shape index (κ3) is 6.88. The van der Waals surface area contributed by atoms with Crippen molar-refractivity contribution in [2.45, 2.75) is 62.8 Å². The van der Waals surface area contributed by atoms with E-state index in [1.807, 2.05) is 6.07 Å². The molecule has 0 amide bonds. The lowest BCUT2D eigenvalue weighted by Crippen LogP contribution is -2.28. The highest BCUT2D eigenvalue weighted by atomic mass is 32.2. The van der Waals surface area contributed by atoms with Crippen molar-refractivity contribution in [3.63, 3.8) is 0 Å². The van der Waals surface area contributed by atoms with Crippen molar-refractivity contribution in [3.05, 3.63) is 49.2 Å². The van der Waals surface area contributed by atoms with E-state index in [1.165, 1.54) is 25.0 Å². The highest BCUT2D eigenvalue weighted by Gasteiger charge is 2.37. The van der Waals surface area contributed by atoms with Crippen molar-refractivity contribution in [3.8, 4) is 22.6 Å². The van der Waals surface area contributed by atoms with Crippen LogP contribution in [0.5, 0.6) is 0 Å². The van der Waals surface area contributed by atoms with Crippen LogP contribution >= 0.6 is 0 Å². The van der Waals surface area contributed by atoms with Crippen molar-refractivity contribution in [2.75, 3.05) is 31.3 Å². The Morgan fingerprint density at radius 1 is 1.05 bits per heavy atom. The van der Waals surface area contributed by atoms with Gasteiger partial charge in [-0.25, -0.2) is 28.1 Å². The minimum absolute atomic E-state index is 0.228. The fourth-order valence-electron chi connectivity index (χ4n) is 5.47. The number of hydrogen-bond donors (Lipinski definition) is 2. The predicted octanol–water partition coefficient (Wildman–Crippen LogP) is 5.00. The van der Waals surface area contributed by atoms with E-state index in [1.54, 1.807) is 24.5 Å². The number of aromatic nitrogens is 7. The van der Waals surface area contributed by atoms with E-state index in [-0.39, 0.29) is 11.3 Å². The second-order valence-corrected chi connectivity index (χ2v) is 13.8. The Morgan fingerprint density at radius 3 is 2.55 bits per heavy atom. The molecule has 2 fully saturated rings. The molecule has 234 valence electrons. The molecule has 0 atom stereocenters. The van der Waals surface area contributed by atoms with Gasteiger partial charge in [0.2, 0.25) is 0 Å². The van der Waals surface area contributed by atoms with Crippen LogP contribution in [0, 0.1) is 5.92 Å². The van der Waals surface area contributed by atoms with E-state index in [2.05, 4.69) is 54.8 Å². The Balaban J connectivity index is 1.21. The Morgan fingerprint density at radius 2 is 1.84 bits per heavy atom. The van der Waals surface area contributed by atoms with Crippen LogP contribution in [0.25, 0.3) is 22.6 Å². The molecule has 2 N–H and O–H groups in total. The van der Waals surface area contributed by atoms with Gasteiger partial charge in [-0.2, -0.15) is 23.1 Å². The van der Waals surface area contributed by atoms with Gasteiger partial charge in [-0.1, -0.05) is 0 Å². The summed E-state index contributed by atoms with van der Waals surface area (Å²) < 4.78 is 53.3. The lowest BCUT2D eigenvalue weighted by Gasteiger charge is -2.31. The van der Waals surface area contributed by atoms with Crippen LogP contribution < -0.4 is 10.6 Å². The number of pyridine rings is 1. The number of rotatable bonds is 12. The SMILES string of the molecule is CN(C)CCC1CCC(Nc2cc(Nc3ccnc(-c4cnn(S(=O)(=O)C5CC5)c4)n3)ncc2-c2ccn(C(F)F)n2)CC1. The zero-order chi connectivity index (χ0) is 30.8. The molecule has 15 heteroatoms. The Kier molecular flexibility index (Phi) is 8.58. The standard InChI is InChI=1S/C29H36F2N10O2S/c1-39(2)13-10-19-3-5-21(6-4-19)35-25-15-27(33-17-23(25)24-11-14-40(38-24)29(30)31)36-26-9-12-32-28(37-26)20-16-34-41(18-20)44(42,43)22-7-8-22/h9,11-12,14-19,21-22,29H,3-8,10,13H2,1-2H3,(H2,32,33,35,36,37). The van der Waals surface area contributed by atoms with Gasteiger partial charge in [-0.3, -0.25) is 0 Å². The summed E-state index contributed by atoms with van der Waals surface area (Å²) in [5.41, 5.74) is 2.23. The van der Waals surface area contributed by atoms with Crippen LogP contribution in [-0.4, -0.2) is 79.2 Å². The molecule has 0 radical (unpaired) electrons. The van der Waals surface area contributed by atoms with E-state index in [9.17, 15) is 17.2 Å². The monoisotopic (exact) mass is 626 g/mol. The van der Waals surface area contributed by atoms with Crippen molar-refractivity contribution >= 4 is 27.3 Å². The summed E-state index contributed by atoms with van der Waals surface area (Å²) in [7, 11) is 0.689. The highest BCUT2D eigenvalue weighted by molar-refractivity contribution is 7.90. The molecule has 0 saturated heterocycles. The van der Waals surface area contributed by atoms with Gasteiger partial charge in [0.15, 0.2) is 5.82 Å². The zero-order valence-electron chi connectivity index (χ0n) is 24.6. The van der Waals surface area contributed by atoms with E-state index >= 15 is 0 Å². The molecule has 2 aliphatic rings. The molecule has 44 heavy (non-hydrogen) atoms. The molecule has 4 aromatic rings. The number of anilines is 3. The lowest BCUT2D eigenvalue weighted by atomic mass is 9.84. The molecular weight excluding hydrogens is 590 g/mol. The first-order valence-electron chi connectivity index (χ1n) is 14.8. The first kappa shape index (κ1) is 30.1. The lowest BCUT2D eigenvalue weighted by molar-refractivity contribution is 0.0568. The normalized spacial score (nSPS) is 19.0. The average molecular weight is 627 g/mol. The van der Waals surface area contributed by atoms with Crippen LogP contribution in [0.1, 0.15) is 51.5 Å². The molecule has 0 spiro atoms. The summed E-state index contributed by atoms with van der Waals surface area (Å²) in [5, 5.41) is 14.5. The second-order valence-electron chi connectivity index (χ2n) is 11.8. The summed E-state index contributed by atoms with van der Waals surface area (Å²) in [6, 6.07) is 5.29. The van der Waals surface area contributed by atoms with Gasteiger partial charge in [0.05, 0.1) is 28.9 Å². The first-order valence-corrected chi connectivity index (χ1v) is 16.3. The van der Waals surface area contributed by atoms with Gasteiger partial charge >= 0.3 is 6.55 Å². The maximum Gasteiger partial charge on any atom is 0.333 e. The summed E-state index contributed by atoms with van der Waals surface area (Å²) >= 11 is 0. The molecule has 6 rings (SSSR count). The smallest absolute Gasteiger partial charge is 0.333 e. The van der Waals surface area contributed by atoms with Crippen LogP contribution in [-0.2, 0) is 10.0 Å². The molecule has 0 aromatic carbocycles. The molecule has 0 unspecified atom stereocenters. The van der Waals surface area contributed by atoms with Crippen LogP contribution in [0.15, 0.2) is 49.2 Å². The fourth-order valence-corrected chi connectivity index (χ4v) is 6.95. The molecule has 2 aliphatic carbocycles. The van der Waals surface area contributed by atoms with E-state index < -0.39 is 16.6 Å². The minimum atomic E-state index is -3.50. The molecule has 2 saturated carbocycles. The van der Waals surface area contributed by atoms with Crippen LogP contribution in [0.2, 0.25) is 0 Å². The van der Waals surface area contributed by atoms with Gasteiger partial charge in [0, 0.05) is 41.9 Å². The summed E-state index contributed by atoms with van der Waals surface area (Å²) in [5.74, 6) is 1.94. The predicted molar refractivity (Wildman–Crippen MR) is 163 cm³/mol. The molecule has 0 bridgehead atoms. The van der Waals surface area contributed by atoms with Gasteiger partial charge in [-0.15, -0.1) is 0 Å². The highest BCUT2D eigenvalue weighted by Crippen LogP contribution is 2.34. The van der Waals surface area contributed by atoms with Gasteiger partial charge in [0.1, 0.15) is 11.6 Å². The number of nitrogens with zero attached hydrogens (tertiary/aromatic N) is 8.